The van der Waals surface area contributed by atoms with Crippen LogP contribution in [0.3, 0.4) is 0 Å². The Morgan fingerprint density at radius 3 is 2.00 bits per heavy atom. The van der Waals surface area contributed by atoms with Crippen molar-refractivity contribution in [3.05, 3.63) is 0 Å². The Morgan fingerprint density at radius 2 is 2.00 bits per heavy atom. The fraction of sp³-hybridized carbons (Fsp3) is 1.00. The molecule has 0 rings (SSSR count). The molecule has 0 N–H and O–H groups in total. The fourth-order valence-electron chi connectivity index (χ4n) is 0. The van der Waals surface area contributed by atoms with E-state index < -0.39 is 0 Å². The molecule has 0 heterocycles. The van der Waals surface area contributed by atoms with Gasteiger partial charge in [-0.15, -0.1) is 0 Å². The Morgan fingerprint density at radius 1 is 1.75 bits per heavy atom. The van der Waals surface area contributed by atoms with Gasteiger partial charge in [0.05, 0.1) is 6.67 Å². The van der Waals surface area contributed by atoms with Gasteiger partial charge >= 0.3 is 0 Å². The molecule has 0 aromatic heterocycles. The summed E-state index contributed by atoms with van der Waals surface area (Å²) >= 11 is 0. The molecule has 0 amide bonds. The molecule has 0 saturated carbocycles. The lowest BCUT2D eigenvalue weighted by Crippen LogP contribution is -1.58. The van der Waals surface area contributed by atoms with Crippen molar-refractivity contribution in [2.24, 2.45) is 0 Å². The van der Waals surface area contributed by atoms with Gasteiger partial charge in [0.2, 0.25) is 0 Å². The molecule has 0 aliphatic carbocycles. The number of rotatable bonds is 1. The summed E-state index contributed by atoms with van der Waals surface area (Å²) in [6, 6.07) is 0. The zero-order valence-corrected chi connectivity index (χ0v) is 2.79. The Kier molecular flexibility index (Phi) is 2.88. The minimum Gasteiger partial charge on any atom is -0.251 e. The van der Waals surface area contributed by atoms with Crippen molar-refractivity contribution < 1.29 is 4.39 Å². The SMILES string of the molecule is CCC[18F]. The Hall–Kier alpha value is -0.0700. The lowest BCUT2D eigenvalue weighted by atomic mass is 10.6. The monoisotopic (exact) mass is 61.1 g/mol. The average molecular weight is 61.1 g/mol. The van der Waals surface area contributed by atoms with Crippen LogP contribution < -0.4 is 0 Å². The first-order valence-electron chi connectivity index (χ1n) is 1.47. The highest BCUT2D eigenvalue weighted by Crippen LogP contribution is 1.69. The van der Waals surface area contributed by atoms with Crippen LogP contribution in [-0.4, -0.2) is 6.67 Å². The summed E-state index contributed by atoms with van der Waals surface area (Å²) in [5.41, 5.74) is 0. The van der Waals surface area contributed by atoms with Crippen molar-refractivity contribution in [3.8, 4) is 0 Å². The van der Waals surface area contributed by atoms with Gasteiger partial charge < -0.3 is 0 Å². The fourth-order valence-corrected chi connectivity index (χ4v) is 0. The molecule has 0 spiro atoms. The predicted molar refractivity (Wildman–Crippen MR) is 16.3 cm³/mol. The highest BCUT2D eigenvalue weighted by Gasteiger charge is 1.60. The van der Waals surface area contributed by atoms with Crippen molar-refractivity contribution in [1.82, 2.24) is 0 Å². The minimum absolute atomic E-state index is 0.181. The minimum atomic E-state index is -0.181. The van der Waals surface area contributed by atoms with E-state index in [9.17, 15) is 4.39 Å². The second kappa shape index (κ2) is 2.93. The molecule has 0 fully saturated rings. The van der Waals surface area contributed by atoms with Gasteiger partial charge in [-0.2, -0.15) is 0 Å². The van der Waals surface area contributed by atoms with Gasteiger partial charge in [0.1, 0.15) is 0 Å². The Bertz CT molecular complexity index is 5.25. The van der Waals surface area contributed by atoms with Gasteiger partial charge in [0.25, 0.3) is 0 Å². The maximum atomic E-state index is 10.7. The maximum absolute atomic E-state index is 10.7. The van der Waals surface area contributed by atoms with E-state index in [1.165, 1.54) is 0 Å². The van der Waals surface area contributed by atoms with Crippen LogP contribution in [0.2, 0.25) is 0 Å². The number of hydrogen-bond acceptors (Lipinski definition) is 0. The number of hydrogen-bond donors (Lipinski definition) is 0. The summed E-state index contributed by atoms with van der Waals surface area (Å²) in [6.07, 6.45) is 0.653. The molecule has 0 unspecified atom stereocenters. The lowest BCUT2D eigenvalue weighted by Gasteiger charge is -1.64. The van der Waals surface area contributed by atoms with Crippen LogP contribution >= 0.6 is 0 Å². The molecule has 0 saturated heterocycles. The molecule has 4 heavy (non-hydrogen) atoms. The van der Waals surface area contributed by atoms with E-state index in [2.05, 4.69) is 0 Å². The van der Waals surface area contributed by atoms with E-state index in [-0.39, 0.29) is 6.67 Å². The lowest BCUT2D eigenvalue weighted by molar-refractivity contribution is 0.487. The van der Waals surface area contributed by atoms with Crippen molar-refractivity contribution in [2.45, 2.75) is 13.3 Å². The molecule has 0 aromatic carbocycles. The van der Waals surface area contributed by atoms with Gasteiger partial charge in [-0.05, 0) is 6.42 Å². The van der Waals surface area contributed by atoms with Crippen LogP contribution in [0.1, 0.15) is 13.3 Å². The van der Waals surface area contributed by atoms with Crippen LogP contribution in [0, 0.1) is 0 Å². The Balaban J connectivity index is 1.97. The molecule has 0 aliphatic heterocycles. The summed E-state index contributed by atoms with van der Waals surface area (Å²) in [5.74, 6) is 0. The van der Waals surface area contributed by atoms with E-state index in [0.29, 0.717) is 6.42 Å². The van der Waals surface area contributed by atoms with Crippen molar-refractivity contribution in [2.75, 3.05) is 6.67 Å². The highest BCUT2D eigenvalue weighted by molar-refractivity contribution is 4.11. The first-order valence-corrected chi connectivity index (χ1v) is 1.47. The molecule has 0 bridgehead atoms. The summed E-state index contributed by atoms with van der Waals surface area (Å²) in [7, 11) is 0. The zero-order valence-electron chi connectivity index (χ0n) is 2.79. The van der Waals surface area contributed by atoms with E-state index in [0.717, 1.165) is 0 Å². The summed E-state index contributed by atoms with van der Waals surface area (Å²) in [4.78, 5) is 0. The maximum Gasteiger partial charge on any atom is 0.0891 e. The molecule has 0 aromatic rings. The van der Waals surface area contributed by atoms with Gasteiger partial charge in [-0.25, -0.2) is 0 Å². The highest BCUT2D eigenvalue weighted by atomic mass is 18.2. The van der Waals surface area contributed by atoms with Gasteiger partial charge in [0.15, 0.2) is 0 Å². The third-order valence-corrected chi connectivity index (χ3v) is 0.189. The standard InChI is InChI=1S/C3H7F/c1-2-3-4/h2-3H2,1H3/i4-1. The summed E-state index contributed by atoms with van der Waals surface area (Å²) < 4.78 is 10.7. The predicted octanol–water partition coefficient (Wildman–Crippen LogP) is 1.37. The van der Waals surface area contributed by atoms with Crippen LogP contribution in [0.5, 0.6) is 0 Å². The summed E-state index contributed by atoms with van der Waals surface area (Å²) in [5, 5.41) is 0. The van der Waals surface area contributed by atoms with Gasteiger partial charge in [-0.3, -0.25) is 4.39 Å². The smallest absolute Gasteiger partial charge is 0.0891 e. The molecule has 0 aliphatic rings. The molecule has 0 radical (unpaired) electrons. The topological polar surface area (TPSA) is 0 Å². The summed E-state index contributed by atoms with van der Waals surface area (Å²) in [6.45, 7) is 1.62. The molecule has 1 heteroatoms. The third-order valence-electron chi connectivity index (χ3n) is 0.189. The average Bonchev–Trinajstić information content (AvgIpc) is 1.37. The molecular formula is C3H7F. The van der Waals surface area contributed by atoms with Crippen molar-refractivity contribution in [1.29, 1.82) is 0 Å². The first kappa shape index (κ1) is 3.93. The van der Waals surface area contributed by atoms with Crippen molar-refractivity contribution in [3.63, 3.8) is 0 Å². The first-order chi connectivity index (χ1) is 1.91. The third kappa shape index (κ3) is 1.93. The molecule has 26 valence electrons. The zero-order chi connectivity index (χ0) is 3.41. The normalized spacial score (nSPS) is 7.50. The second-order valence-corrected chi connectivity index (χ2v) is 0.689. The van der Waals surface area contributed by atoms with E-state index in [1.807, 2.05) is 0 Å². The molecule has 0 atom stereocenters. The van der Waals surface area contributed by atoms with E-state index >= 15 is 0 Å². The van der Waals surface area contributed by atoms with Crippen molar-refractivity contribution >= 4 is 0 Å². The quantitative estimate of drug-likeness (QED) is 0.429. The Labute approximate surface area is 25.6 Å². The molecule has 0 nitrogen and oxygen atoms in total. The van der Waals surface area contributed by atoms with Gasteiger partial charge in [-0.1, -0.05) is 6.92 Å². The van der Waals surface area contributed by atoms with Crippen LogP contribution in [0.25, 0.3) is 0 Å². The van der Waals surface area contributed by atoms with Crippen LogP contribution in [0.15, 0.2) is 0 Å². The van der Waals surface area contributed by atoms with Gasteiger partial charge in [0, 0.05) is 0 Å². The van der Waals surface area contributed by atoms with Crippen LogP contribution in [0.4, 0.5) is 4.39 Å². The van der Waals surface area contributed by atoms with E-state index in [1.54, 1.807) is 6.92 Å². The largest absolute Gasteiger partial charge is 0.251 e. The number of halogens is 1. The second-order valence-electron chi connectivity index (χ2n) is 0.689. The van der Waals surface area contributed by atoms with E-state index in [4.69, 9.17) is 0 Å². The molecular weight excluding hydrogens is 54.0 g/mol. The van der Waals surface area contributed by atoms with Crippen LogP contribution in [-0.2, 0) is 0 Å². The number of alkyl halides is 1.